The van der Waals surface area contributed by atoms with Gasteiger partial charge in [-0.05, 0) is 81.2 Å². The van der Waals surface area contributed by atoms with Crippen LogP contribution >= 0.6 is 0 Å². The molecule has 0 amide bonds. The first-order valence-corrected chi connectivity index (χ1v) is 17.3. The second kappa shape index (κ2) is 11.6. The van der Waals surface area contributed by atoms with Crippen molar-refractivity contribution < 1.29 is 0 Å². The molecule has 0 fully saturated rings. The molecule has 0 bridgehead atoms. The Morgan fingerprint density at radius 1 is 0.480 bits per heavy atom. The molecule has 8 aromatic carbocycles. The topological polar surface area (TPSA) is 41.0 Å². The molecular formula is C46H34N4. The molecule has 9 aromatic rings. The van der Waals surface area contributed by atoms with Gasteiger partial charge in [0.15, 0.2) is 0 Å². The minimum atomic E-state index is -0.135. The predicted molar refractivity (Wildman–Crippen MR) is 212 cm³/mol. The highest BCUT2D eigenvalue weighted by atomic mass is 15.3. The summed E-state index contributed by atoms with van der Waals surface area (Å²) in [7, 11) is 0. The lowest BCUT2D eigenvalue weighted by Crippen LogP contribution is -2.34. The Labute approximate surface area is 290 Å². The lowest BCUT2D eigenvalue weighted by Gasteiger charge is -2.38. The molecule has 238 valence electrons. The largest absolute Gasteiger partial charge is 0.373 e. The molecule has 4 heteroatoms. The maximum absolute atomic E-state index is 4.03. The molecule has 0 saturated heterocycles. The van der Waals surface area contributed by atoms with Gasteiger partial charge in [-0.2, -0.15) is 0 Å². The number of para-hydroxylation sites is 3. The molecule has 2 atom stereocenters. The summed E-state index contributed by atoms with van der Waals surface area (Å²) in [5.41, 5.74) is 10.3. The van der Waals surface area contributed by atoms with E-state index in [-0.39, 0.29) is 12.2 Å². The van der Waals surface area contributed by atoms with Gasteiger partial charge in [0.1, 0.15) is 6.17 Å². The Kier molecular flexibility index (Phi) is 6.59. The van der Waals surface area contributed by atoms with Crippen LogP contribution in [0.2, 0.25) is 0 Å². The Bertz CT molecular complexity index is 2600. The van der Waals surface area contributed by atoms with E-state index in [0.717, 1.165) is 28.3 Å². The molecule has 10 rings (SSSR count). The summed E-state index contributed by atoms with van der Waals surface area (Å²) in [5.74, 6) is 0. The third-order valence-corrected chi connectivity index (χ3v) is 10.3. The lowest BCUT2D eigenvalue weighted by atomic mass is 9.94. The highest BCUT2D eigenvalue weighted by Crippen LogP contribution is 2.47. The summed E-state index contributed by atoms with van der Waals surface area (Å²) in [5, 5.41) is 19.3. The summed E-state index contributed by atoms with van der Waals surface area (Å²) >= 11 is 0. The number of nitrogens with one attached hydrogen (secondary N) is 3. The quantitative estimate of drug-likeness (QED) is 0.175. The van der Waals surface area contributed by atoms with E-state index in [1.54, 1.807) is 0 Å². The Balaban J connectivity index is 1.23. The minimum Gasteiger partial charge on any atom is -0.373 e. The average molecular weight is 643 g/mol. The van der Waals surface area contributed by atoms with E-state index in [2.05, 4.69) is 190 Å². The molecule has 0 saturated carbocycles. The van der Waals surface area contributed by atoms with E-state index in [1.165, 1.54) is 54.5 Å². The van der Waals surface area contributed by atoms with Crippen molar-refractivity contribution in [1.82, 2.24) is 4.57 Å². The van der Waals surface area contributed by atoms with Crippen molar-refractivity contribution in [3.63, 3.8) is 0 Å². The number of benzene rings is 8. The van der Waals surface area contributed by atoms with Gasteiger partial charge in [-0.15, -0.1) is 0 Å². The standard InChI is InChI=1S/C46H34N4/c1-3-13-30(14-4-1)37-29-33(23-26-38(37)47-34-17-5-2-6-18-34)45-46(49-40-22-12-11-21-39(40)48-45)50-41-27-24-31-15-7-9-19-35(31)43(41)44-36-20-10-8-16-32(36)25-28-42(44)50/h1-29,45-49H. The van der Waals surface area contributed by atoms with Crippen LogP contribution in [0.1, 0.15) is 17.8 Å². The monoisotopic (exact) mass is 642 g/mol. The van der Waals surface area contributed by atoms with E-state index in [4.69, 9.17) is 0 Å². The van der Waals surface area contributed by atoms with E-state index >= 15 is 0 Å². The molecule has 3 N–H and O–H groups in total. The molecule has 2 unspecified atom stereocenters. The first-order valence-electron chi connectivity index (χ1n) is 17.3. The van der Waals surface area contributed by atoms with E-state index in [9.17, 15) is 0 Å². The van der Waals surface area contributed by atoms with Gasteiger partial charge in [-0.3, -0.25) is 0 Å². The van der Waals surface area contributed by atoms with Crippen LogP contribution in [0.4, 0.5) is 22.7 Å². The normalized spacial score (nSPS) is 15.5. The number of anilines is 4. The number of hydrogen-bond donors (Lipinski definition) is 3. The van der Waals surface area contributed by atoms with Crippen LogP contribution in [0, 0.1) is 0 Å². The zero-order valence-electron chi connectivity index (χ0n) is 27.3. The molecule has 1 aromatic heterocycles. The van der Waals surface area contributed by atoms with Gasteiger partial charge in [-0.25, -0.2) is 0 Å². The maximum atomic E-state index is 4.03. The van der Waals surface area contributed by atoms with Gasteiger partial charge in [0.25, 0.3) is 0 Å². The van der Waals surface area contributed by atoms with Crippen LogP contribution in [0.15, 0.2) is 176 Å². The fraction of sp³-hybridized carbons (Fsp3) is 0.0435. The highest BCUT2D eigenvalue weighted by molar-refractivity contribution is 6.28. The van der Waals surface area contributed by atoms with Crippen molar-refractivity contribution in [3.05, 3.63) is 181 Å². The number of rotatable bonds is 5. The van der Waals surface area contributed by atoms with Gasteiger partial charge in [-0.1, -0.05) is 127 Å². The van der Waals surface area contributed by atoms with Crippen molar-refractivity contribution in [2.24, 2.45) is 0 Å². The van der Waals surface area contributed by atoms with Crippen LogP contribution in [0.25, 0.3) is 54.5 Å². The fourth-order valence-corrected chi connectivity index (χ4v) is 7.98. The molecule has 0 radical (unpaired) electrons. The van der Waals surface area contributed by atoms with Crippen LogP contribution in [-0.2, 0) is 0 Å². The Hall–Kier alpha value is -6.52. The fourth-order valence-electron chi connectivity index (χ4n) is 7.98. The van der Waals surface area contributed by atoms with Crippen molar-refractivity contribution in [3.8, 4) is 11.1 Å². The van der Waals surface area contributed by atoms with Gasteiger partial charge in [0.05, 0.1) is 28.5 Å². The Morgan fingerprint density at radius 2 is 1.04 bits per heavy atom. The third-order valence-electron chi connectivity index (χ3n) is 10.3. The molecule has 2 heterocycles. The van der Waals surface area contributed by atoms with Crippen molar-refractivity contribution >= 4 is 66.1 Å². The van der Waals surface area contributed by atoms with E-state index < -0.39 is 0 Å². The summed E-state index contributed by atoms with van der Waals surface area (Å²) in [4.78, 5) is 0. The van der Waals surface area contributed by atoms with E-state index in [0.29, 0.717) is 0 Å². The van der Waals surface area contributed by atoms with Crippen LogP contribution in [0.5, 0.6) is 0 Å². The second-order valence-electron chi connectivity index (χ2n) is 13.2. The lowest BCUT2D eigenvalue weighted by molar-refractivity contribution is 0.506. The van der Waals surface area contributed by atoms with Crippen LogP contribution in [-0.4, -0.2) is 4.57 Å². The van der Waals surface area contributed by atoms with E-state index in [1.807, 2.05) is 6.07 Å². The van der Waals surface area contributed by atoms with Crippen molar-refractivity contribution in [2.75, 3.05) is 16.0 Å². The molecular weight excluding hydrogens is 609 g/mol. The predicted octanol–water partition coefficient (Wildman–Crippen LogP) is 12.3. The molecule has 1 aliphatic rings. The smallest absolute Gasteiger partial charge is 0.129 e. The third kappa shape index (κ3) is 4.61. The van der Waals surface area contributed by atoms with Crippen molar-refractivity contribution in [2.45, 2.75) is 12.2 Å². The zero-order chi connectivity index (χ0) is 33.0. The molecule has 0 aliphatic carbocycles. The number of hydrogen-bond acceptors (Lipinski definition) is 3. The van der Waals surface area contributed by atoms with Crippen LogP contribution < -0.4 is 16.0 Å². The summed E-state index contributed by atoms with van der Waals surface area (Å²) in [6, 6.07) is 63.1. The maximum Gasteiger partial charge on any atom is 0.129 e. The first kappa shape index (κ1) is 28.5. The highest BCUT2D eigenvalue weighted by Gasteiger charge is 2.33. The Morgan fingerprint density at radius 3 is 1.70 bits per heavy atom. The molecule has 4 nitrogen and oxygen atoms in total. The van der Waals surface area contributed by atoms with Gasteiger partial charge in [0, 0.05) is 27.7 Å². The van der Waals surface area contributed by atoms with Gasteiger partial charge >= 0.3 is 0 Å². The zero-order valence-corrected chi connectivity index (χ0v) is 27.3. The number of aromatic nitrogens is 1. The van der Waals surface area contributed by atoms with Gasteiger partial charge < -0.3 is 20.5 Å². The van der Waals surface area contributed by atoms with Crippen molar-refractivity contribution in [1.29, 1.82) is 0 Å². The summed E-state index contributed by atoms with van der Waals surface area (Å²) in [6.07, 6.45) is -0.135. The summed E-state index contributed by atoms with van der Waals surface area (Å²) < 4.78 is 2.54. The SMILES string of the molecule is c1ccc(Nc2ccc(C3Nc4ccccc4NC3n3c4ccc5ccccc5c4c4c5ccccc5ccc43)cc2-c2ccccc2)cc1. The van der Waals surface area contributed by atoms with Crippen LogP contribution in [0.3, 0.4) is 0 Å². The van der Waals surface area contributed by atoms with Gasteiger partial charge in [0.2, 0.25) is 0 Å². The summed E-state index contributed by atoms with van der Waals surface area (Å²) in [6.45, 7) is 0. The molecule has 0 spiro atoms. The molecule has 1 aliphatic heterocycles. The number of fused-ring (bicyclic) bond motifs is 8. The second-order valence-corrected chi connectivity index (χ2v) is 13.2. The minimum absolute atomic E-state index is 0.0881. The molecule has 50 heavy (non-hydrogen) atoms. The first-order chi connectivity index (χ1) is 24.8. The average Bonchev–Trinajstić information content (AvgIpc) is 3.53. The number of nitrogens with zero attached hydrogens (tertiary/aromatic N) is 1.